The van der Waals surface area contributed by atoms with Gasteiger partial charge in [0, 0.05) is 18.6 Å². The Labute approximate surface area is 68.2 Å². The van der Waals surface area contributed by atoms with Crippen LogP contribution >= 0.6 is 0 Å². The summed E-state index contributed by atoms with van der Waals surface area (Å²) in [6, 6.07) is 0.600. The molecule has 11 heavy (non-hydrogen) atoms. The van der Waals surface area contributed by atoms with Crippen LogP contribution < -0.4 is 5.73 Å². The van der Waals surface area contributed by atoms with Gasteiger partial charge in [0.1, 0.15) is 0 Å². The number of aliphatic hydroxyl groups is 1. The Morgan fingerprint density at radius 1 is 1.73 bits per heavy atom. The SMILES string of the molecule is C[C@H](N)CN1CCC[C@H]1CO. The molecule has 0 radical (unpaired) electrons. The average molecular weight is 158 g/mol. The molecule has 0 aromatic rings. The van der Waals surface area contributed by atoms with Crippen LogP contribution in [0, 0.1) is 0 Å². The minimum Gasteiger partial charge on any atom is -0.395 e. The number of hydrogen-bond donors (Lipinski definition) is 2. The van der Waals surface area contributed by atoms with Crippen LogP contribution in [0.4, 0.5) is 0 Å². The van der Waals surface area contributed by atoms with Gasteiger partial charge in [-0.05, 0) is 26.3 Å². The summed E-state index contributed by atoms with van der Waals surface area (Å²) >= 11 is 0. The fourth-order valence-corrected chi connectivity index (χ4v) is 1.71. The molecule has 0 aromatic carbocycles. The Balaban J connectivity index is 2.31. The van der Waals surface area contributed by atoms with Crippen LogP contribution in [0.2, 0.25) is 0 Å². The van der Waals surface area contributed by atoms with Crippen LogP contribution in [-0.2, 0) is 0 Å². The van der Waals surface area contributed by atoms with E-state index in [0.29, 0.717) is 6.04 Å². The lowest BCUT2D eigenvalue weighted by Crippen LogP contribution is -2.40. The van der Waals surface area contributed by atoms with Gasteiger partial charge in [-0.3, -0.25) is 4.90 Å². The average Bonchev–Trinajstić information content (AvgIpc) is 2.34. The minimum atomic E-state index is 0.224. The summed E-state index contributed by atoms with van der Waals surface area (Å²) in [4.78, 5) is 2.28. The van der Waals surface area contributed by atoms with E-state index in [1.54, 1.807) is 0 Å². The van der Waals surface area contributed by atoms with Crippen molar-refractivity contribution in [3.8, 4) is 0 Å². The molecule has 66 valence electrons. The molecule has 3 heteroatoms. The molecule has 3 nitrogen and oxygen atoms in total. The molecule has 0 bridgehead atoms. The first-order valence-corrected chi connectivity index (χ1v) is 4.34. The van der Waals surface area contributed by atoms with Crippen molar-refractivity contribution in [1.29, 1.82) is 0 Å². The maximum Gasteiger partial charge on any atom is 0.0586 e. The first kappa shape index (κ1) is 8.97. The quantitative estimate of drug-likeness (QED) is 0.597. The number of rotatable bonds is 3. The number of hydrogen-bond acceptors (Lipinski definition) is 3. The summed E-state index contributed by atoms with van der Waals surface area (Å²) in [6.45, 7) is 4.32. The molecule has 0 aromatic heterocycles. The summed E-state index contributed by atoms with van der Waals surface area (Å²) in [7, 11) is 0. The lowest BCUT2D eigenvalue weighted by molar-refractivity contribution is 0.154. The van der Waals surface area contributed by atoms with Crippen molar-refractivity contribution in [2.24, 2.45) is 5.73 Å². The van der Waals surface area contributed by atoms with Gasteiger partial charge < -0.3 is 10.8 Å². The summed E-state index contributed by atoms with van der Waals surface area (Å²) in [6.07, 6.45) is 2.33. The second-order valence-electron chi connectivity index (χ2n) is 3.45. The monoisotopic (exact) mass is 158 g/mol. The Hall–Kier alpha value is -0.120. The first-order chi connectivity index (χ1) is 5.24. The predicted octanol–water partition coefficient (Wildman–Crippen LogP) is -0.210. The molecule has 3 N–H and O–H groups in total. The van der Waals surface area contributed by atoms with Gasteiger partial charge in [-0.15, -0.1) is 0 Å². The Morgan fingerprint density at radius 3 is 3.00 bits per heavy atom. The van der Waals surface area contributed by atoms with E-state index >= 15 is 0 Å². The molecule has 1 aliphatic rings. The van der Waals surface area contributed by atoms with Crippen molar-refractivity contribution in [3.05, 3.63) is 0 Å². The van der Waals surface area contributed by atoms with E-state index in [1.807, 2.05) is 6.92 Å². The van der Waals surface area contributed by atoms with Gasteiger partial charge in [0.2, 0.25) is 0 Å². The highest BCUT2D eigenvalue weighted by Gasteiger charge is 2.23. The Kier molecular flexibility index (Phi) is 3.30. The van der Waals surface area contributed by atoms with Crippen LogP contribution in [-0.4, -0.2) is 41.8 Å². The zero-order valence-electron chi connectivity index (χ0n) is 7.16. The highest BCUT2D eigenvalue weighted by atomic mass is 16.3. The van der Waals surface area contributed by atoms with E-state index in [1.165, 1.54) is 6.42 Å². The zero-order chi connectivity index (χ0) is 8.27. The Morgan fingerprint density at radius 2 is 2.45 bits per heavy atom. The Bertz CT molecular complexity index is 117. The summed E-state index contributed by atoms with van der Waals surface area (Å²) in [5.74, 6) is 0. The second-order valence-corrected chi connectivity index (χ2v) is 3.45. The van der Waals surface area contributed by atoms with Crippen molar-refractivity contribution in [2.75, 3.05) is 19.7 Å². The number of likely N-dealkylation sites (tertiary alicyclic amines) is 1. The fraction of sp³-hybridized carbons (Fsp3) is 1.00. The normalized spacial score (nSPS) is 29.2. The molecule has 0 aliphatic carbocycles. The van der Waals surface area contributed by atoms with E-state index in [9.17, 15) is 0 Å². The standard InChI is InChI=1S/C8H18N2O/c1-7(9)5-10-4-2-3-8(10)6-11/h7-8,11H,2-6,9H2,1H3/t7-,8-/m0/s1. The number of nitrogens with two attached hydrogens (primary N) is 1. The highest BCUT2D eigenvalue weighted by molar-refractivity contribution is 4.79. The number of aliphatic hydroxyl groups excluding tert-OH is 1. The molecule has 1 fully saturated rings. The fourth-order valence-electron chi connectivity index (χ4n) is 1.71. The van der Waals surface area contributed by atoms with Crippen molar-refractivity contribution in [2.45, 2.75) is 31.8 Å². The third-order valence-electron chi connectivity index (χ3n) is 2.23. The van der Waals surface area contributed by atoms with Gasteiger partial charge in [-0.25, -0.2) is 0 Å². The topological polar surface area (TPSA) is 49.5 Å². The highest BCUT2D eigenvalue weighted by Crippen LogP contribution is 2.15. The largest absolute Gasteiger partial charge is 0.395 e. The van der Waals surface area contributed by atoms with Gasteiger partial charge >= 0.3 is 0 Å². The van der Waals surface area contributed by atoms with E-state index in [-0.39, 0.29) is 12.6 Å². The van der Waals surface area contributed by atoms with Crippen LogP contribution in [0.1, 0.15) is 19.8 Å². The van der Waals surface area contributed by atoms with Crippen molar-refractivity contribution in [3.63, 3.8) is 0 Å². The number of nitrogens with zero attached hydrogens (tertiary/aromatic N) is 1. The van der Waals surface area contributed by atoms with Crippen LogP contribution in [0.15, 0.2) is 0 Å². The third kappa shape index (κ3) is 2.43. The molecule has 0 amide bonds. The molecule has 1 rings (SSSR count). The summed E-state index contributed by atoms with van der Waals surface area (Å²) in [5.41, 5.74) is 5.67. The molecule has 1 aliphatic heterocycles. The molecule has 1 heterocycles. The second kappa shape index (κ2) is 4.04. The maximum absolute atomic E-state index is 8.97. The van der Waals surface area contributed by atoms with E-state index in [2.05, 4.69) is 4.90 Å². The van der Waals surface area contributed by atoms with Crippen LogP contribution in [0.5, 0.6) is 0 Å². The summed E-state index contributed by atoms with van der Waals surface area (Å²) in [5, 5.41) is 8.97. The van der Waals surface area contributed by atoms with E-state index in [0.717, 1.165) is 19.5 Å². The van der Waals surface area contributed by atoms with Crippen LogP contribution in [0.25, 0.3) is 0 Å². The molecule has 1 saturated heterocycles. The zero-order valence-corrected chi connectivity index (χ0v) is 7.16. The van der Waals surface area contributed by atoms with Gasteiger partial charge in [0.05, 0.1) is 6.61 Å². The molecule has 2 atom stereocenters. The molecule has 0 spiro atoms. The molecule has 0 saturated carbocycles. The molecular weight excluding hydrogens is 140 g/mol. The third-order valence-corrected chi connectivity index (χ3v) is 2.23. The smallest absolute Gasteiger partial charge is 0.0586 e. The first-order valence-electron chi connectivity index (χ1n) is 4.34. The van der Waals surface area contributed by atoms with Crippen molar-refractivity contribution >= 4 is 0 Å². The summed E-state index contributed by atoms with van der Waals surface area (Å²) < 4.78 is 0. The molecule has 0 unspecified atom stereocenters. The van der Waals surface area contributed by atoms with Crippen LogP contribution in [0.3, 0.4) is 0 Å². The van der Waals surface area contributed by atoms with Gasteiger partial charge in [0.15, 0.2) is 0 Å². The van der Waals surface area contributed by atoms with Crippen molar-refractivity contribution in [1.82, 2.24) is 4.90 Å². The molecular formula is C8H18N2O. The van der Waals surface area contributed by atoms with E-state index in [4.69, 9.17) is 10.8 Å². The van der Waals surface area contributed by atoms with Gasteiger partial charge in [0.25, 0.3) is 0 Å². The van der Waals surface area contributed by atoms with E-state index < -0.39 is 0 Å². The van der Waals surface area contributed by atoms with Gasteiger partial charge in [-0.1, -0.05) is 0 Å². The predicted molar refractivity (Wildman–Crippen MR) is 45.3 cm³/mol. The van der Waals surface area contributed by atoms with Gasteiger partial charge in [-0.2, -0.15) is 0 Å². The lowest BCUT2D eigenvalue weighted by atomic mass is 10.2. The minimum absolute atomic E-state index is 0.224. The maximum atomic E-state index is 8.97. The lowest BCUT2D eigenvalue weighted by Gasteiger charge is -2.24. The van der Waals surface area contributed by atoms with Crippen molar-refractivity contribution < 1.29 is 5.11 Å².